The first kappa shape index (κ1) is 10.0. The molecule has 1 atom stereocenters. The van der Waals surface area contributed by atoms with Crippen LogP contribution in [0.5, 0.6) is 0 Å². The Morgan fingerprint density at radius 2 is 2.46 bits per heavy atom. The molecule has 0 aliphatic carbocycles. The first-order chi connectivity index (χ1) is 6.20. The second kappa shape index (κ2) is 4.84. The molecule has 0 fully saturated rings. The number of aromatic nitrogens is 1. The molecule has 70 valence electrons. The van der Waals surface area contributed by atoms with E-state index < -0.39 is 12.0 Å². The summed E-state index contributed by atoms with van der Waals surface area (Å²) in [5, 5.41) is 9.29. The van der Waals surface area contributed by atoms with Gasteiger partial charge in [0.1, 0.15) is 6.04 Å². The topological polar surface area (TPSA) is 76.2 Å². The van der Waals surface area contributed by atoms with E-state index >= 15 is 0 Å². The number of rotatable bonds is 4. The van der Waals surface area contributed by atoms with Crippen LogP contribution in [0.2, 0.25) is 0 Å². The Bertz CT molecular complexity index is 279. The number of hydrogen-bond donors (Lipinski definition) is 2. The van der Waals surface area contributed by atoms with Crippen molar-refractivity contribution in [2.24, 2.45) is 5.73 Å². The molecule has 0 bridgehead atoms. The molecule has 1 aromatic rings. The second-order valence-electron chi connectivity index (χ2n) is 2.42. The Labute approximate surface area is 80.2 Å². The zero-order chi connectivity index (χ0) is 9.68. The van der Waals surface area contributed by atoms with Crippen LogP contribution in [0.25, 0.3) is 0 Å². The summed E-state index contributed by atoms with van der Waals surface area (Å²) in [5.74, 6) is -0.643. The molecule has 1 aromatic heterocycles. The first-order valence-electron chi connectivity index (χ1n) is 3.72. The summed E-state index contributed by atoms with van der Waals surface area (Å²) >= 11 is 1.34. The molecular formula is C8H10N2O2S. The van der Waals surface area contributed by atoms with Gasteiger partial charge in [0.2, 0.25) is 0 Å². The Morgan fingerprint density at radius 3 is 3.00 bits per heavy atom. The fourth-order valence-corrected chi connectivity index (χ4v) is 1.48. The van der Waals surface area contributed by atoms with Gasteiger partial charge in [-0.3, -0.25) is 4.79 Å². The van der Waals surface area contributed by atoms with Gasteiger partial charge in [0.05, 0.1) is 5.03 Å². The quantitative estimate of drug-likeness (QED) is 0.692. The highest BCUT2D eigenvalue weighted by atomic mass is 32.2. The van der Waals surface area contributed by atoms with Gasteiger partial charge in [0.15, 0.2) is 0 Å². The highest BCUT2D eigenvalue weighted by Gasteiger charge is 2.11. The summed E-state index contributed by atoms with van der Waals surface area (Å²) in [4.78, 5) is 14.4. The fraction of sp³-hybridized carbons (Fsp3) is 0.250. The number of carboxylic acid groups (broad SMARTS) is 1. The lowest BCUT2D eigenvalue weighted by atomic mass is 10.4. The highest BCUT2D eigenvalue weighted by molar-refractivity contribution is 7.99. The van der Waals surface area contributed by atoms with Crippen LogP contribution in [-0.2, 0) is 4.79 Å². The third-order valence-corrected chi connectivity index (χ3v) is 2.43. The van der Waals surface area contributed by atoms with Crippen molar-refractivity contribution in [3.8, 4) is 0 Å². The molecule has 0 radical (unpaired) electrons. The van der Waals surface area contributed by atoms with Crippen molar-refractivity contribution in [2.45, 2.75) is 11.1 Å². The fourth-order valence-electron chi connectivity index (χ4n) is 0.679. The largest absolute Gasteiger partial charge is 0.480 e. The van der Waals surface area contributed by atoms with Gasteiger partial charge in [-0.1, -0.05) is 6.07 Å². The Morgan fingerprint density at radius 1 is 1.69 bits per heavy atom. The first-order valence-corrected chi connectivity index (χ1v) is 4.71. The van der Waals surface area contributed by atoms with Crippen molar-refractivity contribution < 1.29 is 9.90 Å². The molecule has 0 unspecified atom stereocenters. The smallest absolute Gasteiger partial charge is 0.321 e. The molecule has 1 rings (SSSR count). The van der Waals surface area contributed by atoms with Crippen molar-refractivity contribution in [2.75, 3.05) is 5.75 Å². The van der Waals surface area contributed by atoms with E-state index in [1.807, 2.05) is 12.1 Å². The van der Waals surface area contributed by atoms with E-state index in [-0.39, 0.29) is 0 Å². The lowest BCUT2D eigenvalue weighted by molar-refractivity contribution is -0.137. The van der Waals surface area contributed by atoms with Crippen LogP contribution in [0.1, 0.15) is 0 Å². The lowest BCUT2D eigenvalue weighted by Crippen LogP contribution is -2.32. The lowest BCUT2D eigenvalue weighted by Gasteiger charge is -2.04. The third kappa shape index (κ3) is 3.43. The Balaban J connectivity index is 2.39. The van der Waals surface area contributed by atoms with Crippen LogP contribution in [0.15, 0.2) is 29.4 Å². The molecule has 0 aliphatic rings. The van der Waals surface area contributed by atoms with Crippen molar-refractivity contribution in [1.82, 2.24) is 4.98 Å². The number of pyridine rings is 1. The number of hydrogen-bond acceptors (Lipinski definition) is 4. The van der Waals surface area contributed by atoms with Crippen LogP contribution in [0.3, 0.4) is 0 Å². The summed E-state index contributed by atoms with van der Waals surface area (Å²) < 4.78 is 0. The minimum atomic E-state index is -0.983. The molecule has 0 aromatic carbocycles. The van der Waals surface area contributed by atoms with E-state index in [0.717, 1.165) is 5.03 Å². The van der Waals surface area contributed by atoms with Gasteiger partial charge in [-0.2, -0.15) is 0 Å². The molecule has 4 nitrogen and oxygen atoms in total. The van der Waals surface area contributed by atoms with E-state index in [9.17, 15) is 4.79 Å². The SMILES string of the molecule is N[C@H](CSc1ccccn1)C(=O)O. The van der Waals surface area contributed by atoms with Gasteiger partial charge in [0, 0.05) is 11.9 Å². The van der Waals surface area contributed by atoms with Gasteiger partial charge in [-0.15, -0.1) is 11.8 Å². The highest BCUT2D eigenvalue weighted by Crippen LogP contribution is 2.14. The van der Waals surface area contributed by atoms with Crippen molar-refractivity contribution >= 4 is 17.7 Å². The molecular weight excluding hydrogens is 188 g/mol. The van der Waals surface area contributed by atoms with Crippen molar-refractivity contribution in [1.29, 1.82) is 0 Å². The molecule has 0 saturated heterocycles. The van der Waals surface area contributed by atoms with Crippen LogP contribution >= 0.6 is 11.8 Å². The van der Waals surface area contributed by atoms with E-state index in [1.165, 1.54) is 11.8 Å². The maximum atomic E-state index is 10.4. The number of carbonyl (C=O) groups is 1. The second-order valence-corrected chi connectivity index (χ2v) is 3.46. The number of aliphatic carboxylic acids is 1. The summed E-state index contributed by atoms with van der Waals surface area (Å²) in [5.41, 5.74) is 5.32. The standard InChI is InChI=1S/C8H10N2O2S/c9-6(8(11)12)5-13-7-3-1-2-4-10-7/h1-4,6H,5,9H2,(H,11,12)/t6-/m1/s1. The number of nitrogens with zero attached hydrogens (tertiary/aromatic N) is 1. The number of nitrogens with two attached hydrogens (primary N) is 1. The Kier molecular flexibility index (Phi) is 3.72. The molecule has 0 amide bonds. The average Bonchev–Trinajstić information content (AvgIpc) is 2.15. The minimum absolute atomic E-state index is 0.340. The van der Waals surface area contributed by atoms with E-state index in [0.29, 0.717) is 5.75 Å². The molecule has 0 aliphatic heterocycles. The van der Waals surface area contributed by atoms with Gasteiger partial charge in [0.25, 0.3) is 0 Å². The third-order valence-electron chi connectivity index (χ3n) is 1.37. The van der Waals surface area contributed by atoms with Crippen LogP contribution < -0.4 is 5.73 Å². The molecule has 1 heterocycles. The van der Waals surface area contributed by atoms with Crippen LogP contribution in [0.4, 0.5) is 0 Å². The van der Waals surface area contributed by atoms with Crippen molar-refractivity contribution in [3.05, 3.63) is 24.4 Å². The molecule has 0 spiro atoms. The van der Waals surface area contributed by atoms with E-state index in [2.05, 4.69) is 4.98 Å². The minimum Gasteiger partial charge on any atom is -0.480 e. The van der Waals surface area contributed by atoms with Crippen LogP contribution in [0, 0.1) is 0 Å². The van der Waals surface area contributed by atoms with Gasteiger partial charge in [-0.25, -0.2) is 4.98 Å². The number of carboxylic acids is 1. The maximum Gasteiger partial charge on any atom is 0.321 e. The summed E-state index contributed by atoms with van der Waals surface area (Å²) in [6.07, 6.45) is 1.66. The monoisotopic (exact) mass is 198 g/mol. The zero-order valence-electron chi connectivity index (χ0n) is 6.88. The molecule has 0 saturated carbocycles. The Hall–Kier alpha value is -1.07. The van der Waals surface area contributed by atoms with Gasteiger partial charge in [-0.05, 0) is 12.1 Å². The normalized spacial score (nSPS) is 12.4. The summed E-state index contributed by atoms with van der Waals surface area (Å²) in [6.45, 7) is 0. The summed E-state index contributed by atoms with van der Waals surface area (Å²) in [6, 6.07) is 4.65. The molecule has 5 heteroatoms. The van der Waals surface area contributed by atoms with Gasteiger partial charge < -0.3 is 10.8 Å². The molecule has 13 heavy (non-hydrogen) atoms. The van der Waals surface area contributed by atoms with Crippen molar-refractivity contribution in [3.63, 3.8) is 0 Å². The predicted octanol–water partition coefficient (Wildman–Crippen LogP) is 0.586. The molecule has 3 N–H and O–H groups in total. The van der Waals surface area contributed by atoms with Gasteiger partial charge >= 0.3 is 5.97 Å². The van der Waals surface area contributed by atoms with E-state index in [4.69, 9.17) is 10.8 Å². The van der Waals surface area contributed by atoms with E-state index in [1.54, 1.807) is 12.3 Å². The zero-order valence-corrected chi connectivity index (χ0v) is 7.70. The summed E-state index contributed by atoms with van der Waals surface area (Å²) in [7, 11) is 0. The van der Waals surface area contributed by atoms with Crippen LogP contribution in [-0.4, -0.2) is 27.9 Å². The average molecular weight is 198 g/mol. The predicted molar refractivity (Wildman–Crippen MR) is 50.6 cm³/mol. The maximum absolute atomic E-state index is 10.4. The number of thioether (sulfide) groups is 1.